The molecule has 2 aromatic rings. The fraction of sp³-hybridized carbons (Fsp3) is 0.529. The van der Waals surface area contributed by atoms with E-state index in [0.717, 1.165) is 16.5 Å². The van der Waals surface area contributed by atoms with Crippen LogP contribution in [0.2, 0.25) is 0 Å². The van der Waals surface area contributed by atoms with Crippen molar-refractivity contribution in [2.45, 2.75) is 92.0 Å². The number of aromatic nitrogens is 1. The molecule has 1 fully saturated rings. The van der Waals surface area contributed by atoms with Gasteiger partial charge < -0.3 is 20.1 Å². The molecule has 4 atom stereocenters. The molecule has 3 amide bonds. The van der Waals surface area contributed by atoms with Crippen molar-refractivity contribution in [1.29, 1.82) is 0 Å². The van der Waals surface area contributed by atoms with E-state index in [9.17, 15) is 24.0 Å². The van der Waals surface area contributed by atoms with Crippen LogP contribution in [-0.2, 0) is 33.4 Å². The fourth-order valence-corrected chi connectivity index (χ4v) is 5.17. The van der Waals surface area contributed by atoms with Crippen molar-refractivity contribution in [3.63, 3.8) is 0 Å². The van der Waals surface area contributed by atoms with E-state index in [1.807, 2.05) is 50.3 Å². The largest absolute Gasteiger partial charge is 0.468 e. The molecule has 3 N–H and O–H groups in total. The number of ether oxygens (including phenoxy) is 2. The predicted molar refractivity (Wildman–Crippen MR) is 174 cm³/mol. The van der Waals surface area contributed by atoms with Gasteiger partial charge in [-0.2, -0.15) is 0 Å². The quantitative estimate of drug-likeness (QED) is 0.313. The number of benzene rings is 1. The van der Waals surface area contributed by atoms with E-state index < -0.39 is 46.9 Å². The van der Waals surface area contributed by atoms with Crippen LogP contribution in [0.15, 0.2) is 36.4 Å². The van der Waals surface area contributed by atoms with Gasteiger partial charge in [0, 0.05) is 18.9 Å². The minimum absolute atomic E-state index is 0.267. The number of methoxy groups -OCH3 is 1. The van der Waals surface area contributed by atoms with Gasteiger partial charge >= 0.3 is 11.9 Å². The highest BCUT2D eigenvalue weighted by Gasteiger charge is 2.41. The molecular weight excluding hydrogens is 590 g/mol. The van der Waals surface area contributed by atoms with Gasteiger partial charge in [0.2, 0.25) is 11.8 Å². The third-order valence-corrected chi connectivity index (χ3v) is 8.08. The zero-order valence-electron chi connectivity index (χ0n) is 28.2. The molecule has 2 heterocycles. The van der Waals surface area contributed by atoms with Crippen LogP contribution in [0.4, 0.5) is 0 Å². The highest BCUT2D eigenvalue weighted by Crippen LogP contribution is 2.24. The number of amides is 3. The summed E-state index contributed by atoms with van der Waals surface area (Å²) >= 11 is 0. The predicted octanol–water partition coefficient (Wildman–Crippen LogP) is 3.60. The first-order valence-corrected chi connectivity index (χ1v) is 15.5. The second-order valence-corrected chi connectivity index (χ2v) is 12.9. The maximum absolute atomic E-state index is 13.4. The van der Waals surface area contributed by atoms with Gasteiger partial charge in [-0.15, -0.1) is 0 Å². The number of fused-ring (bicyclic) bond motifs is 1. The molecule has 0 saturated carbocycles. The van der Waals surface area contributed by atoms with E-state index in [0.29, 0.717) is 25.1 Å². The second-order valence-electron chi connectivity index (χ2n) is 12.9. The van der Waals surface area contributed by atoms with Crippen LogP contribution in [0, 0.1) is 11.3 Å². The highest BCUT2D eigenvalue weighted by atomic mass is 16.5. The Morgan fingerprint density at radius 1 is 1.07 bits per heavy atom. The van der Waals surface area contributed by atoms with Gasteiger partial charge in [0.25, 0.3) is 5.91 Å². The number of hydrazine groups is 1. The first kappa shape index (κ1) is 36.2. The van der Waals surface area contributed by atoms with Crippen LogP contribution >= 0.6 is 0 Å². The summed E-state index contributed by atoms with van der Waals surface area (Å²) in [5.74, 6) is -2.38. The van der Waals surface area contributed by atoms with Crippen molar-refractivity contribution in [1.82, 2.24) is 26.1 Å². The number of hydrogen-bond acceptors (Lipinski definition) is 9. The molecule has 46 heavy (non-hydrogen) atoms. The SMILES string of the molecule is COC(=O)C1(C)CCCN(C(=O)C(C)NC(=O)C(NC(=O)C(C)(C)/C=C/c2ccc3ccc(C(C)OC(C)=O)nc3c2)C(C)C)N1. The van der Waals surface area contributed by atoms with Gasteiger partial charge in [-0.3, -0.25) is 29.0 Å². The summed E-state index contributed by atoms with van der Waals surface area (Å²) in [5.41, 5.74) is 3.08. The lowest BCUT2D eigenvalue weighted by Crippen LogP contribution is -2.65. The number of hydrogen-bond donors (Lipinski definition) is 3. The molecule has 3 rings (SSSR count). The number of carbonyl (C=O) groups is 5. The lowest BCUT2D eigenvalue weighted by Gasteiger charge is -2.40. The van der Waals surface area contributed by atoms with Crippen molar-refractivity contribution in [3.05, 3.63) is 47.7 Å². The molecule has 0 radical (unpaired) electrons. The molecular formula is C34H47N5O7. The Kier molecular flexibility index (Phi) is 11.7. The monoisotopic (exact) mass is 637 g/mol. The average molecular weight is 638 g/mol. The number of rotatable bonds is 11. The number of nitrogens with one attached hydrogen (secondary N) is 3. The maximum atomic E-state index is 13.4. The Labute approximate surface area is 270 Å². The van der Waals surface area contributed by atoms with E-state index in [-0.39, 0.29) is 17.8 Å². The van der Waals surface area contributed by atoms with Gasteiger partial charge in [-0.05, 0) is 71.1 Å². The van der Waals surface area contributed by atoms with E-state index >= 15 is 0 Å². The number of esters is 2. The summed E-state index contributed by atoms with van der Waals surface area (Å²) in [7, 11) is 1.29. The third kappa shape index (κ3) is 8.90. The van der Waals surface area contributed by atoms with Crippen molar-refractivity contribution < 1.29 is 33.4 Å². The van der Waals surface area contributed by atoms with Gasteiger partial charge in [0.15, 0.2) is 0 Å². The molecule has 0 bridgehead atoms. The molecule has 1 aromatic carbocycles. The fourth-order valence-electron chi connectivity index (χ4n) is 5.17. The number of nitrogens with zero attached hydrogens (tertiary/aromatic N) is 2. The maximum Gasteiger partial charge on any atom is 0.327 e. The summed E-state index contributed by atoms with van der Waals surface area (Å²) in [6.07, 6.45) is 4.19. The summed E-state index contributed by atoms with van der Waals surface area (Å²) in [5, 5.41) is 7.85. The van der Waals surface area contributed by atoms with Crippen LogP contribution in [0.1, 0.15) is 85.6 Å². The van der Waals surface area contributed by atoms with Crippen LogP contribution in [0.3, 0.4) is 0 Å². The van der Waals surface area contributed by atoms with Crippen LogP contribution in [0.5, 0.6) is 0 Å². The van der Waals surface area contributed by atoms with Gasteiger partial charge in [-0.1, -0.05) is 44.2 Å². The third-order valence-electron chi connectivity index (χ3n) is 8.08. The van der Waals surface area contributed by atoms with Gasteiger partial charge in [-0.25, -0.2) is 10.4 Å². The van der Waals surface area contributed by atoms with Crippen molar-refractivity contribution in [2.24, 2.45) is 11.3 Å². The molecule has 12 heteroatoms. The summed E-state index contributed by atoms with van der Waals surface area (Å²) in [4.78, 5) is 68.2. The zero-order chi connectivity index (χ0) is 34.4. The lowest BCUT2D eigenvalue weighted by atomic mass is 9.89. The lowest BCUT2D eigenvalue weighted by molar-refractivity contribution is -0.157. The van der Waals surface area contributed by atoms with E-state index in [1.165, 1.54) is 19.0 Å². The van der Waals surface area contributed by atoms with Crippen LogP contribution in [0.25, 0.3) is 17.0 Å². The molecule has 1 aliphatic heterocycles. The molecule has 1 aliphatic rings. The minimum atomic E-state index is -1.05. The minimum Gasteiger partial charge on any atom is -0.468 e. The molecule has 12 nitrogen and oxygen atoms in total. The van der Waals surface area contributed by atoms with Crippen molar-refractivity contribution in [3.8, 4) is 0 Å². The van der Waals surface area contributed by atoms with E-state index in [1.54, 1.807) is 40.7 Å². The Morgan fingerprint density at radius 2 is 1.74 bits per heavy atom. The normalized spacial score (nSPS) is 19.0. The Hall–Kier alpha value is -4.32. The second kappa shape index (κ2) is 14.8. The van der Waals surface area contributed by atoms with Crippen molar-refractivity contribution >= 4 is 46.6 Å². The topological polar surface area (TPSA) is 156 Å². The smallest absolute Gasteiger partial charge is 0.327 e. The Morgan fingerprint density at radius 3 is 2.37 bits per heavy atom. The number of pyridine rings is 1. The summed E-state index contributed by atoms with van der Waals surface area (Å²) in [6, 6.07) is 7.65. The molecule has 0 aliphatic carbocycles. The van der Waals surface area contributed by atoms with E-state index in [4.69, 9.17) is 9.47 Å². The summed E-state index contributed by atoms with van der Waals surface area (Å²) < 4.78 is 10.1. The summed E-state index contributed by atoms with van der Waals surface area (Å²) in [6.45, 7) is 13.8. The number of carbonyl (C=O) groups excluding carboxylic acids is 5. The van der Waals surface area contributed by atoms with Crippen molar-refractivity contribution in [2.75, 3.05) is 13.7 Å². The standard InChI is InChI=1S/C34H47N5O7/c1-20(2)28(29(41)35-21(3)30(42)39-18-10-16-34(8,38-39)32(44)45-9)37-31(43)33(6,7)17-15-24-11-12-25-13-14-26(36-27(25)19-24)22(4)46-23(5)40/h11-15,17,19-22,28,38H,10,16,18H2,1-9H3,(H,35,41)(H,37,43)/b17-15+. The average Bonchev–Trinajstić information content (AvgIpc) is 3.00. The van der Waals surface area contributed by atoms with E-state index in [2.05, 4.69) is 21.0 Å². The van der Waals surface area contributed by atoms with Crippen LogP contribution in [-0.4, -0.2) is 70.9 Å². The molecule has 4 unspecified atom stereocenters. The van der Waals surface area contributed by atoms with Gasteiger partial charge in [0.1, 0.15) is 23.7 Å². The zero-order valence-corrected chi connectivity index (χ0v) is 28.2. The molecule has 0 spiro atoms. The Bertz CT molecular complexity index is 1500. The Balaban J connectivity index is 1.67. The first-order valence-electron chi connectivity index (χ1n) is 15.5. The first-order chi connectivity index (χ1) is 21.5. The highest BCUT2D eigenvalue weighted by molar-refractivity contribution is 5.94. The van der Waals surface area contributed by atoms with Gasteiger partial charge in [0.05, 0.1) is 23.7 Å². The molecule has 1 aromatic heterocycles. The van der Waals surface area contributed by atoms with Crippen LogP contribution < -0.4 is 16.1 Å². The molecule has 250 valence electrons. The molecule has 1 saturated heterocycles.